The Labute approximate surface area is 123 Å². The van der Waals surface area contributed by atoms with Gasteiger partial charge in [-0.2, -0.15) is 0 Å². The Morgan fingerprint density at radius 2 is 2.10 bits per heavy atom. The van der Waals surface area contributed by atoms with Crippen molar-refractivity contribution in [1.82, 2.24) is 4.72 Å². The maximum absolute atomic E-state index is 12.4. The van der Waals surface area contributed by atoms with E-state index in [4.69, 9.17) is 0 Å². The third-order valence-electron chi connectivity index (χ3n) is 3.48. The van der Waals surface area contributed by atoms with E-state index in [2.05, 4.69) is 10.0 Å². The van der Waals surface area contributed by atoms with Crippen molar-refractivity contribution < 1.29 is 13.3 Å². The molecule has 1 saturated carbocycles. The molecule has 1 aromatic rings. The second-order valence-corrected chi connectivity index (χ2v) is 7.07. The monoisotopic (exact) mass is 313 g/mol. The van der Waals surface area contributed by atoms with Crippen LogP contribution in [0.2, 0.25) is 0 Å². The number of hydrogen-bond donors (Lipinski definition) is 2. The average Bonchev–Trinajstić information content (AvgIpc) is 3.20. The quantitative estimate of drug-likeness (QED) is 0.593. The molecule has 0 heterocycles. The Hall–Kier alpha value is -1.67. The molecule has 1 aromatic carbocycles. The van der Waals surface area contributed by atoms with E-state index in [1.807, 2.05) is 6.92 Å². The van der Waals surface area contributed by atoms with E-state index in [1.165, 1.54) is 12.1 Å². The number of benzene rings is 1. The van der Waals surface area contributed by atoms with Crippen molar-refractivity contribution in [1.29, 1.82) is 0 Å². The molecule has 2 N–H and O–H groups in total. The molecule has 2 rings (SSSR count). The Balaban J connectivity index is 2.28. The maximum atomic E-state index is 12.4. The molecule has 0 saturated heterocycles. The van der Waals surface area contributed by atoms with Crippen LogP contribution in [0.25, 0.3) is 0 Å². The van der Waals surface area contributed by atoms with Gasteiger partial charge in [0.1, 0.15) is 4.90 Å². The summed E-state index contributed by atoms with van der Waals surface area (Å²) in [5.41, 5.74) is 0.0935. The van der Waals surface area contributed by atoms with Crippen LogP contribution in [0.1, 0.15) is 26.2 Å². The van der Waals surface area contributed by atoms with Gasteiger partial charge in [0.05, 0.1) is 10.6 Å². The van der Waals surface area contributed by atoms with Gasteiger partial charge in [-0.15, -0.1) is 0 Å². The first-order valence-corrected chi connectivity index (χ1v) is 8.30. The van der Waals surface area contributed by atoms with E-state index < -0.39 is 14.9 Å². The summed E-state index contributed by atoms with van der Waals surface area (Å²) in [6, 6.07) is 3.57. The molecule has 0 spiro atoms. The molecular weight excluding hydrogens is 294 g/mol. The van der Waals surface area contributed by atoms with E-state index in [-0.39, 0.29) is 16.6 Å². The highest BCUT2D eigenvalue weighted by atomic mass is 32.2. The fourth-order valence-corrected chi connectivity index (χ4v) is 3.77. The third-order valence-corrected chi connectivity index (χ3v) is 5.10. The molecule has 8 heteroatoms. The summed E-state index contributed by atoms with van der Waals surface area (Å²) in [7, 11) is -2.22. The summed E-state index contributed by atoms with van der Waals surface area (Å²) in [5, 5.41) is 13.6. The minimum atomic E-state index is -3.79. The van der Waals surface area contributed by atoms with Gasteiger partial charge >= 0.3 is 0 Å². The highest BCUT2D eigenvalue weighted by Gasteiger charge is 2.28. The number of sulfonamides is 1. The molecule has 1 atom stereocenters. The van der Waals surface area contributed by atoms with Crippen molar-refractivity contribution in [3.63, 3.8) is 0 Å². The van der Waals surface area contributed by atoms with Crippen LogP contribution in [0.3, 0.4) is 0 Å². The summed E-state index contributed by atoms with van der Waals surface area (Å²) in [6.45, 7) is 1.81. The van der Waals surface area contributed by atoms with Gasteiger partial charge in [-0.1, -0.05) is 12.8 Å². The molecule has 0 radical (unpaired) electrons. The van der Waals surface area contributed by atoms with Crippen LogP contribution >= 0.6 is 0 Å². The fraction of sp³-hybridized carbons (Fsp3) is 0.538. The second kappa shape index (κ2) is 5.98. The molecule has 0 aliphatic heterocycles. The second-order valence-electron chi connectivity index (χ2n) is 5.39. The lowest BCUT2D eigenvalue weighted by Gasteiger charge is -2.16. The Kier molecular flexibility index (Phi) is 4.48. The fourth-order valence-electron chi connectivity index (χ4n) is 2.28. The van der Waals surface area contributed by atoms with Crippen molar-refractivity contribution >= 4 is 21.4 Å². The molecule has 1 fully saturated rings. The molecule has 21 heavy (non-hydrogen) atoms. The summed E-state index contributed by atoms with van der Waals surface area (Å²) in [5.74, 6) is 0.594. The number of anilines is 1. The van der Waals surface area contributed by atoms with Crippen LogP contribution < -0.4 is 10.0 Å². The van der Waals surface area contributed by atoms with Gasteiger partial charge in [-0.05, 0) is 25.3 Å². The molecule has 1 aliphatic carbocycles. The maximum Gasteiger partial charge on any atom is 0.270 e. The molecule has 7 nitrogen and oxygen atoms in total. The van der Waals surface area contributed by atoms with E-state index in [9.17, 15) is 18.5 Å². The minimum absolute atomic E-state index is 0.0955. The van der Waals surface area contributed by atoms with Gasteiger partial charge in [0.25, 0.3) is 5.69 Å². The largest absolute Gasteiger partial charge is 0.387 e. The molecule has 1 unspecified atom stereocenters. The number of nitro benzene ring substituents is 1. The van der Waals surface area contributed by atoms with Gasteiger partial charge in [-0.25, -0.2) is 13.1 Å². The van der Waals surface area contributed by atoms with E-state index in [0.29, 0.717) is 11.6 Å². The van der Waals surface area contributed by atoms with Crippen molar-refractivity contribution in [2.75, 3.05) is 12.4 Å². The van der Waals surface area contributed by atoms with E-state index in [1.54, 1.807) is 7.05 Å². The van der Waals surface area contributed by atoms with Crippen molar-refractivity contribution in [2.24, 2.45) is 5.92 Å². The van der Waals surface area contributed by atoms with Crippen LogP contribution in [0.4, 0.5) is 11.4 Å². The first-order valence-electron chi connectivity index (χ1n) is 6.82. The van der Waals surface area contributed by atoms with Gasteiger partial charge in [0.15, 0.2) is 0 Å². The van der Waals surface area contributed by atoms with E-state index >= 15 is 0 Å². The predicted molar refractivity (Wildman–Crippen MR) is 79.8 cm³/mol. The number of nitrogens with zero attached hydrogens (tertiary/aromatic N) is 1. The first kappa shape index (κ1) is 15.7. The number of nitro groups is 1. The van der Waals surface area contributed by atoms with Crippen LogP contribution in [0.5, 0.6) is 0 Å². The normalized spacial score (nSPS) is 16.5. The highest BCUT2D eigenvalue weighted by molar-refractivity contribution is 7.89. The van der Waals surface area contributed by atoms with Gasteiger partial charge < -0.3 is 5.32 Å². The predicted octanol–water partition coefficient (Wildman–Crippen LogP) is 2.10. The molecule has 0 bridgehead atoms. The van der Waals surface area contributed by atoms with Gasteiger partial charge in [0, 0.05) is 25.2 Å². The van der Waals surface area contributed by atoms with Crippen LogP contribution in [-0.2, 0) is 10.0 Å². The summed E-state index contributed by atoms with van der Waals surface area (Å²) < 4.78 is 27.4. The van der Waals surface area contributed by atoms with Crippen LogP contribution in [0, 0.1) is 16.0 Å². The number of hydrogen-bond acceptors (Lipinski definition) is 5. The Bertz CT molecular complexity index is 641. The number of nitrogens with one attached hydrogen (secondary N) is 2. The number of non-ortho nitro benzene ring substituents is 1. The van der Waals surface area contributed by atoms with Crippen molar-refractivity contribution in [3.8, 4) is 0 Å². The zero-order valence-electron chi connectivity index (χ0n) is 12.0. The molecule has 1 aliphatic rings. The Morgan fingerprint density at radius 1 is 1.43 bits per heavy atom. The minimum Gasteiger partial charge on any atom is -0.387 e. The molecular formula is C13H19N3O4S. The summed E-state index contributed by atoms with van der Waals surface area (Å²) >= 11 is 0. The molecule has 116 valence electrons. The lowest BCUT2D eigenvalue weighted by Crippen LogP contribution is -2.33. The number of rotatable bonds is 7. The lowest BCUT2D eigenvalue weighted by molar-refractivity contribution is -0.385. The topological polar surface area (TPSA) is 101 Å². The third kappa shape index (κ3) is 3.92. The highest BCUT2D eigenvalue weighted by Crippen LogP contribution is 2.34. The smallest absolute Gasteiger partial charge is 0.270 e. The van der Waals surface area contributed by atoms with Crippen molar-refractivity contribution in [3.05, 3.63) is 28.3 Å². The first-order chi connectivity index (χ1) is 9.83. The van der Waals surface area contributed by atoms with Crippen LogP contribution in [0.15, 0.2) is 23.1 Å². The van der Waals surface area contributed by atoms with Gasteiger partial charge in [-0.3, -0.25) is 10.1 Å². The zero-order chi connectivity index (χ0) is 15.6. The molecule has 0 aromatic heterocycles. The standard InChI is InChI=1S/C13H19N3O4S/c1-9(7-10-3-4-10)15-21(19,20)13-8-11(16(17)18)5-6-12(13)14-2/h5-6,8-10,14-15H,3-4,7H2,1-2H3. The summed E-state index contributed by atoms with van der Waals surface area (Å²) in [6.07, 6.45) is 3.08. The average molecular weight is 313 g/mol. The SMILES string of the molecule is CNc1ccc([N+](=O)[O-])cc1S(=O)(=O)NC(C)CC1CC1. The van der Waals surface area contributed by atoms with Gasteiger partial charge in [0.2, 0.25) is 10.0 Å². The van der Waals surface area contributed by atoms with Crippen molar-refractivity contribution in [2.45, 2.75) is 37.1 Å². The van der Waals surface area contributed by atoms with E-state index in [0.717, 1.165) is 25.3 Å². The summed E-state index contributed by atoms with van der Waals surface area (Å²) in [4.78, 5) is 10.1. The lowest BCUT2D eigenvalue weighted by atomic mass is 10.2. The zero-order valence-corrected chi connectivity index (χ0v) is 12.8. The Morgan fingerprint density at radius 3 is 2.62 bits per heavy atom. The van der Waals surface area contributed by atoms with Crippen LogP contribution in [-0.4, -0.2) is 26.4 Å². The molecule has 0 amide bonds.